The number of aliphatic hydroxyl groups excluding tert-OH is 1. The maximum atomic E-state index is 12.6. The summed E-state index contributed by atoms with van der Waals surface area (Å²) in [6.07, 6.45) is 5.05. The fourth-order valence-electron chi connectivity index (χ4n) is 3.24. The number of carbonyl (C=O) groups excluding carboxylic acids is 1. The van der Waals surface area contributed by atoms with Crippen molar-refractivity contribution in [2.24, 2.45) is 0 Å². The zero-order chi connectivity index (χ0) is 14.4. The van der Waals surface area contributed by atoms with E-state index in [1.165, 1.54) is 25.7 Å². The van der Waals surface area contributed by atoms with Crippen LogP contribution in [-0.2, 0) is 4.79 Å². The average Bonchev–Trinajstić information content (AvgIpc) is 2.76. The van der Waals surface area contributed by atoms with Crippen LogP contribution in [0.3, 0.4) is 0 Å². The molecule has 0 spiro atoms. The molecule has 1 atom stereocenters. The lowest BCUT2D eigenvalue weighted by atomic mass is 10.2. The Balaban J connectivity index is 1.81. The summed E-state index contributed by atoms with van der Waals surface area (Å²) < 4.78 is 0. The van der Waals surface area contributed by atoms with Gasteiger partial charge in [0.05, 0.1) is 12.6 Å². The van der Waals surface area contributed by atoms with Gasteiger partial charge in [-0.1, -0.05) is 12.8 Å². The number of aliphatic hydroxyl groups is 1. The molecule has 2 rings (SSSR count). The molecule has 116 valence electrons. The minimum absolute atomic E-state index is 0.0255. The number of carbonyl (C=O) groups is 1. The lowest BCUT2D eigenvalue weighted by Gasteiger charge is -2.37. The molecule has 1 unspecified atom stereocenters. The first kappa shape index (κ1) is 15.7. The molecule has 0 aromatic carbocycles. The third-order valence-corrected chi connectivity index (χ3v) is 4.65. The van der Waals surface area contributed by atoms with Crippen LogP contribution in [0.4, 0.5) is 0 Å². The van der Waals surface area contributed by atoms with Gasteiger partial charge in [0.15, 0.2) is 0 Å². The molecule has 2 aliphatic heterocycles. The number of hydrogen-bond acceptors (Lipinski definition) is 4. The minimum atomic E-state index is 0.0255. The Labute approximate surface area is 122 Å². The van der Waals surface area contributed by atoms with Gasteiger partial charge < -0.3 is 10.0 Å². The number of hydrogen-bond donors (Lipinski definition) is 1. The number of β-amino-alcohol motifs (C(OH)–C–C–N with tert-alkyl or cyclic N) is 1. The fraction of sp³-hybridized carbons (Fsp3) is 0.933. The normalized spacial score (nSPS) is 24.4. The van der Waals surface area contributed by atoms with Crippen molar-refractivity contribution < 1.29 is 9.90 Å². The molecular weight excluding hydrogens is 254 g/mol. The highest BCUT2D eigenvalue weighted by Crippen LogP contribution is 2.14. The second-order valence-corrected chi connectivity index (χ2v) is 6.02. The van der Waals surface area contributed by atoms with E-state index in [4.69, 9.17) is 5.11 Å². The summed E-state index contributed by atoms with van der Waals surface area (Å²) >= 11 is 0. The van der Waals surface area contributed by atoms with E-state index in [1.807, 2.05) is 4.90 Å². The lowest BCUT2D eigenvalue weighted by molar-refractivity contribution is -0.138. The van der Waals surface area contributed by atoms with Crippen molar-refractivity contribution in [3.8, 4) is 0 Å². The predicted molar refractivity (Wildman–Crippen MR) is 79.6 cm³/mol. The third-order valence-electron chi connectivity index (χ3n) is 4.65. The summed E-state index contributed by atoms with van der Waals surface area (Å²) in [6.45, 7) is 8.51. The van der Waals surface area contributed by atoms with E-state index in [2.05, 4.69) is 16.7 Å². The Morgan fingerprint density at radius 2 is 1.60 bits per heavy atom. The first-order chi connectivity index (χ1) is 9.72. The quantitative estimate of drug-likeness (QED) is 0.811. The molecule has 0 saturated carbocycles. The van der Waals surface area contributed by atoms with Crippen LogP contribution in [0, 0.1) is 0 Å². The molecule has 5 nitrogen and oxygen atoms in total. The molecular formula is C15H29N3O2. The first-order valence-corrected chi connectivity index (χ1v) is 8.08. The maximum Gasteiger partial charge on any atom is 0.239 e. The van der Waals surface area contributed by atoms with Crippen LogP contribution in [0.25, 0.3) is 0 Å². The smallest absolute Gasteiger partial charge is 0.239 e. The van der Waals surface area contributed by atoms with Crippen LogP contribution in [0.5, 0.6) is 0 Å². The zero-order valence-electron chi connectivity index (χ0n) is 12.8. The van der Waals surface area contributed by atoms with Crippen LogP contribution in [0.1, 0.15) is 32.6 Å². The van der Waals surface area contributed by atoms with Crippen LogP contribution in [-0.4, -0.2) is 84.2 Å². The molecule has 0 radical (unpaired) electrons. The first-order valence-electron chi connectivity index (χ1n) is 8.08. The second kappa shape index (κ2) is 7.96. The Morgan fingerprint density at radius 3 is 2.15 bits per heavy atom. The van der Waals surface area contributed by atoms with Crippen LogP contribution < -0.4 is 0 Å². The molecule has 2 heterocycles. The molecule has 0 bridgehead atoms. The highest BCUT2D eigenvalue weighted by atomic mass is 16.3. The highest BCUT2D eigenvalue weighted by molar-refractivity contribution is 5.81. The molecule has 0 aromatic rings. The minimum Gasteiger partial charge on any atom is -0.395 e. The molecule has 1 amide bonds. The molecule has 0 aliphatic carbocycles. The molecule has 2 fully saturated rings. The largest absolute Gasteiger partial charge is 0.395 e. The summed E-state index contributed by atoms with van der Waals surface area (Å²) in [5, 5.41) is 8.95. The average molecular weight is 283 g/mol. The number of piperazine rings is 1. The number of nitrogens with zero attached hydrogens (tertiary/aromatic N) is 3. The van der Waals surface area contributed by atoms with Gasteiger partial charge in [0.1, 0.15) is 0 Å². The molecule has 0 aromatic heterocycles. The zero-order valence-corrected chi connectivity index (χ0v) is 12.8. The third kappa shape index (κ3) is 4.17. The SMILES string of the molecule is CC(C(=O)N1CCN(CCO)CC1)N1CCCCCC1. The summed E-state index contributed by atoms with van der Waals surface area (Å²) in [6, 6.07) is 0.0255. The summed E-state index contributed by atoms with van der Waals surface area (Å²) in [4.78, 5) is 19.2. The Bertz CT molecular complexity index is 295. The Morgan fingerprint density at radius 1 is 1.00 bits per heavy atom. The van der Waals surface area contributed by atoms with Gasteiger partial charge in [0.25, 0.3) is 0 Å². The molecule has 5 heteroatoms. The van der Waals surface area contributed by atoms with Crippen LogP contribution in [0.2, 0.25) is 0 Å². The fourth-order valence-corrected chi connectivity index (χ4v) is 3.24. The monoisotopic (exact) mass is 283 g/mol. The van der Waals surface area contributed by atoms with E-state index in [0.29, 0.717) is 0 Å². The van der Waals surface area contributed by atoms with Gasteiger partial charge in [-0.25, -0.2) is 0 Å². The van der Waals surface area contributed by atoms with Crippen molar-refractivity contribution in [3.63, 3.8) is 0 Å². The van der Waals surface area contributed by atoms with Crippen molar-refractivity contribution in [1.29, 1.82) is 0 Å². The predicted octanol–water partition coefficient (Wildman–Crippen LogP) is 0.387. The van der Waals surface area contributed by atoms with Crippen molar-refractivity contribution in [2.45, 2.75) is 38.6 Å². The van der Waals surface area contributed by atoms with Crippen LogP contribution >= 0.6 is 0 Å². The summed E-state index contributed by atoms with van der Waals surface area (Å²) in [7, 11) is 0. The van der Waals surface area contributed by atoms with Crippen molar-refractivity contribution in [3.05, 3.63) is 0 Å². The highest BCUT2D eigenvalue weighted by Gasteiger charge is 2.28. The van der Waals surface area contributed by atoms with Crippen molar-refractivity contribution >= 4 is 5.91 Å². The van der Waals surface area contributed by atoms with Gasteiger partial charge in [0.2, 0.25) is 5.91 Å². The van der Waals surface area contributed by atoms with E-state index in [-0.39, 0.29) is 18.6 Å². The molecule has 1 N–H and O–H groups in total. The standard InChI is InChI=1S/C15H29N3O2/c1-14(17-6-4-2-3-5-7-17)15(20)18-10-8-16(9-11-18)12-13-19/h14,19H,2-13H2,1H3. The van der Waals surface area contributed by atoms with Crippen molar-refractivity contribution in [2.75, 3.05) is 52.4 Å². The number of rotatable bonds is 4. The van der Waals surface area contributed by atoms with Gasteiger partial charge in [-0.2, -0.15) is 0 Å². The van der Waals surface area contributed by atoms with Crippen LogP contribution in [0.15, 0.2) is 0 Å². The Kier molecular flexibility index (Phi) is 6.26. The van der Waals surface area contributed by atoms with Crippen molar-refractivity contribution in [1.82, 2.24) is 14.7 Å². The lowest BCUT2D eigenvalue weighted by Crippen LogP contribution is -2.54. The molecule has 2 aliphatic rings. The van der Waals surface area contributed by atoms with E-state index in [1.54, 1.807) is 0 Å². The van der Waals surface area contributed by atoms with Gasteiger partial charge in [-0.3, -0.25) is 14.6 Å². The van der Waals surface area contributed by atoms with Gasteiger partial charge in [0, 0.05) is 32.7 Å². The molecule has 20 heavy (non-hydrogen) atoms. The number of amides is 1. The van der Waals surface area contributed by atoms with Gasteiger partial charge >= 0.3 is 0 Å². The van der Waals surface area contributed by atoms with Gasteiger partial charge in [-0.05, 0) is 32.9 Å². The maximum absolute atomic E-state index is 12.6. The van der Waals surface area contributed by atoms with E-state index >= 15 is 0 Å². The Hall–Kier alpha value is -0.650. The van der Waals surface area contributed by atoms with Gasteiger partial charge in [-0.15, -0.1) is 0 Å². The van der Waals surface area contributed by atoms with E-state index < -0.39 is 0 Å². The second-order valence-electron chi connectivity index (χ2n) is 6.02. The number of likely N-dealkylation sites (tertiary alicyclic amines) is 1. The molecule has 2 saturated heterocycles. The summed E-state index contributed by atoms with van der Waals surface area (Å²) in [5.41, 5.74) is 0. The summed E-state index contributed by atoms with van der Waals surface area (Å²) in [5.74, 6) is 0.288. The van der Waals surface area contributed by atoms with E-state index in [9.17, 15) is 4.79 Å². The van der Waals surface area contributed by atoms with E-state index in [0.717, 1.165) is 45.8 Å². The topological polar surface area (TPSA) is 47.0 Å².